The number of hydrogen-bond acceptors (Lipinski definition) is 7. The molecule has 8 heteroatoms. The van der Waals surface area contributed by atoms with Gasteiger partial charge in [-0.25, -0.2) is 0 Å². The number of hydrogen-bond donors (Lipinski definition) is 1. The van der Waals surface area contributed by atoms with E-state index in [2.05, 4.69) is 34.1 Å². The first-order valence-electron chi connectivity index (χ1n) is 10.3. The van der Waals surface area contributed by atoms with Crippen molar-refractivity contribution in [2.45, 2.75) is 38.0 Å². The van der Waals surface area contributed by atoms with Gasteiger partial charge in [-0.1, -0.05) is 60.6 Å². The van der Waals surface area contributed by atoms with Crippen LogP contribution < -0.4 is 0 Å². The van der Waals surface area contributed by atoms with E-state index in [0.29, 0.717) is 23.7 Å². The molecular formula is C23H25N5O2S. The molecule has 1 saturated heterocycles. The van der Waals surface area contributed by atoms with Crippen molar-refractivity contribution in [3.8, 4) is 5.69 Å². The maximum Gasteiger partial charge on any atom is 0.227 e. The minimum Gasteiger partial charge on any atom is -0.411 e. The Labute approximate surface area is 185 Å². The van der Waals surface area contributed by atoms with Crippen molar-refractivity contribution in [3.05, 3.63) is 72.1 Å². The molecule has 2 aromatic carbocycles. The van der Waals surface area contributed by atoms with Crippen LogP contribution >= 0.6 is 11.8 Å². The number of benzene rings is 2. The number of piperidine rings is 1. The second-order valence-electron chi connectivity index (χ2n) is 7.80. The van der Waals surface area contributed by atoms with Crippen LogP contribution in [-0.2, 0) is 6.54 Å². The summed E-state index contributed by atoms with van der Waals surface area (Å²) in [6, 6.07) is 19.3. The molecule has 7 nitrogen and oxygen atoms in total. The fourth-order valence-electron chi connectivity index (χ4n) is 3.83. The quantitative estimate of drug-likeness (QED) is 0.366. The Bertz CT molecular complexity index is 1070. The van der Waals surface area contributed by atoms with E-state index in [9.17, 15) is 10.0 Å². The standard InChI is InChI=1S/C23H25N5O2S/c1-16-14-27(17(2)13-20(16)26-30)15-21-24-25-23(28(21)19-11-7-4-8-12-19)31-22(29)18-9-5-3-6-10-18/h3-12,16-17,30H,13-15H2,1-2H3. The highest BCUT2D eigenvalue weighted by Crippen LogP contribution is 2.27. The molecule has 0 amide bonds. The van der Waals surface area contributed by atoms with Gasteiger partial charge in [-0.2, -0.15) is 0 Å². The van der Waals surface area contributed by atoms with Crippen molar-refractivity contribution in [3.63, 3.8) is 0 Å². The van der Waals surface area contributed by atoms with Crippen LogP contribution in [0.15, 0.2) is 71.0 Å². The highest BCUT2D eigenvalue weighted by atomic mass is 32.2. The molecule has 1 aliphatic rings. The maximum absolute atomic E-state index is 12.8. The molecule has 2 atom stereocenters. The lowest BCUT2D eigenvalue weighted by Gasteiger charge is -2.36. The van der Waals surface area contributed by atoms with Gasteiger partial charge in [-0.05, 0) is 30.8 Å². The third kappa shape index (κ3) is 4.70. The number of aromatic nitrogens is 3. The highest BCUT2D eigenvalue weighted by molar-refractivity contribution is 8.14. The Balaban J connectivity index is 1.63. The lowest BCUT2D eigenvalue weighted by atomic mass is 9.93. The first kappa shape index (κ1) is 21.3. The summed E-state index contributed by atoms with van der Waals surface area (Å²) in [7, 11) is 0. The molecule has 0 aliphatic carbocycles. The summed E-state index contributed by atoms with van der Waals surface area (Å²) in [6.07, 6.45) is 0.714. The van der Waals surface area contributed by atoms with Gasteiger partial charge >= 0.3 is 0 Å². The lowest BCUT2D eigenvalue weighted by Crippen LogP contribution is -2.45. The topological polar surface area (TPSA) is 83.6 Å². The summed E-state index contributed by atoms with van der Waals surface area (Å²) < 4.78 is 1.96. The van der Waals surface area contributed by atoms with Crippen LogP contribution in [0.4, 0.5) is 0 Å². The van der Waals surface area contributed by atoms with Crippen LogP contribution in [0, 0.1) is 5.92 Å². The number of thioether (sulfide) groups is 1. The van der Waals surface area contributed by atoms with E-state index in [1.807, 2.05) is 53.1 Å². The summed E-state index contributed by atoms with van der Waals surface area (Å²) in [4.78, 5) is 15.1. The predicted molar refractivity (Wildman–Crippen MR) is 121 cm³/mol. The van der Waals surface area contributed by atoms with Gasteiger partial charge in [0.25, 0.3) is 0 Å². The molecule has 0 saturated carbocycles. The number of oxime groups is 1. The maximum atomic E-state index is 12.8. The molecule has 31 heavy (non-hydrogen) atoms. The predicted octanol–water partition coefficient (Wildman–Crippen LogP) is 4.26. The Morgan fingerprint density at radius 3 is 2.45 bits per heavy atom. The Hall–Kier alpha value is -2.97. The molecule has 1 aliphatic heterocycles. The van der Waals surface area contributed by atoms with Crippen molar-refractivity contribution in [2.75, 3.05) is 6.54 Å². The molecule has 1 aromatic heterocycles. The summed E-state index contributed by atoms with van der Waals surface area (Å²) in [5.74, 6) is 0.945. The average Bonchev–Trinajstić information content (AvgIpc) is 3.19. The molecule has 2 unspecified atom stereocenters. The van der Waals surface area contributed by atoms with Crippen molar-refractivity contribution < 1.29 is 10.0 Å². The van der Waals surface area contributed by atoms with Crippen LogP contribution in [0.3, 0.4) is 0 Å². The van der Waals surface area contributed by atoms with Gasteiger partial charge in [-0.15, -0.1) is 10.2 Å². The Morgan fingerprint density at radius 1 is 1.10 bits per heavy atom. The third-order valence-electron chi connectivity index (χ3n) is 5.59. The zero-order valence-corrected chi connectivity index (χ0v) is 18.4. The number of carbonyl (C=O) groups excluding carboxylic acids is 1. The van der Waals surface area contributed by atoms with Crippen LogP contribution in [0.25, 0.3) is 5.69 Å². The number of rotatable bonds is 5. The molecule has 1 N–H and O–H groups in total. The summed E-state index contributed by atoms with van der Waals surface area (Å²) in [5, 5.41) is 22.0. The smallest absolute Gasteiger partial charge is 0.227 e. The van der Waals surface area contributed by atoms with E-state index in [0.717, 1.165) is 35.5 Å². The second kappa shape index (κ2) is 9.45. The van der Waals surface area contributed by atoms with Crippen LogP contribution in [0.2, 0.25) is 0 Å². The van der Waals surface area contributed by atoms with E-state index < -0.39 is 0 Å². The van der Waals surface area contributed by atoms with E-state index in [1.165, 1.54) is 0 Å². The molecule has 1 fully saturated rings. The van der Waals surface area contributed by atoms with Gasteiger partial charge in [0.2, 0.25) is 10.3 Å². The average molecular weight is 436 g/mol. The fourth-order valence-corrected chi connectivity index (χ4v) is 4.64. The zero-order chi connectivity index (χ0) is 21.8. The summed E-state index contributed by atoms with van der Waals surface area (Å²) in [6.45, 7) is 5.55. The molecular weight excluding hydrogens is 410 g/mol. The van der Waals surface area contributed by atoms with Gasteiger partial charge in [0.05, 0.1) is 12.3 Å². The Kier molecular flexibility index (Phi) is 6.48. The van der Waals surface area contributed by atoms with Crippen molar-refractivity contribution in [1.82, 2.24) is 19.7 Å². The fraction of sp³-hybridized carbons (Fsp3) is 0.304. The van der Waals surface area contributed by atoms with Gasteiger partial charge in [-0.3, -0.25) is 14.3 Å². The molecule has 2 heterocycles. The number of likely N-dealkylation sites (tertiary alicyclic amines) is 1. The van der Waals surface area contributed by atoms with Gasteiger partial charge in [0.15, 0.2) is 5.82 Å². The normalized spacial score (nSPS) is 20.8. The lowest BCUT2D eigenvalue weighted by molar-refractivity contribution is 0.108. The van der Waals surface area contributed by atoms with E-state index in [4.69, 9.17) is 0 Å². The van der Waals surface area contributed by atoms with Crippen molar-refractivity contribution in [1.29, 1.82) is 0 Å². The number of carbonyl (C=O) groups is 1. The first-order chi connectivity index (χ1) is 15.1. The van der Waals surface area contributed by atoms with Crippen molar-refractivity contribution in [2.24, 2.45) is 11.1 Å². The van der Waals surface area contributed by atoms with Crippen LogP contribution in [-0.4, -0.2) is 48.3 Å². The Morgan fingerprint density at radius 2 is 1.77 bits per heavy atom. The van der Waals surface area contributed by atoms with Gasteiger partial charge < -0.3 is 5.21 Å². The molecule has 3 aromatic rings. The number of para-hydroxylation sites is 1. The minimum absolute atomic E-state index is 0.0690. The van der Waals surface area contributed by atoms with Crippen LogP contribution in [0.5, 0.6) is 0 Å². The van der Waals surface area contributed by atoms with E-state index in [-0.39, 0.29) is 17.1 Å². The van der Waals surface area contributed by atoms with E-state index >= 15 is 0 Å². The van der Waals surface area contributed by atoms with E-state index in [1.54, 1.807) is 12.1 Å². The molecule has 4 rings (SSSR count). The molecule has 160 valence electrons. The monoisotopic (exact) mass is 435 g/mol. The van der Waals surface area contributed by atoms with Crippen LogP contribution in [0.1, 0.15) is 36.5 Å². The SMILES string of the molecule is CC1CN(Cc2nnc(SC(=O)c3ccccc3)n2-c2ccccc2)C(C)CC1=NO. The summed E-state index contributed by atoms with van der Waals surface area (Å²) in [5.41, 5.74) is 2.38. The van der Waals surface area contributed by atoms with Gasteiger partial charge in [0, 0.05) is 36.2 Å². The molecule has 0 spiro atoms. The second-order valence-corrected chi connectivity index (χ2v) is 8.74. The first-order valence-corrected chi connectivity index (χ1v) is 11.1. The number of nitrogens with zero attached hydrogens (tertiary/aromatic N) is 5. The third-order valence-corrected chi connectivity index (χ3v) is 6.45. The molecule has 0 radical (unpaired) electrons. The van der Waals surface area contributed by atoms with Crippen molar-refractivity contribution >= 4 is 22.6 Å². The zero-order valence-electron chi connectivity index (χ0n) is 17.5. The minimum atomic E-state index is -0.0690. The largest absolute Gasteiger partial charge is 0.411 e. The highest BCUT2D eigenvalue weighted by Gasteiger charge is 2.30. The summed E-state index contributed by atoms with van der Waals surface area (Å²) >= 11 is 1.09. The van der Waals surface area contributed by atoms with Gasteiger partial charge in [0.1, 0.15) is 0 Å². The molecule has 0 bridgehead atoms.